The van der Waals surface area contributed by atoms with Crippen molar-refractivity contribution in [1.82, 2.24) is 15.3 Å². The second-order valence-corrected chi connectivity index (χ2v) is 16.3. The van der Waals surface area contributed by atoms with Gasteiger partial charge >= 0.3 is 11.9 Å². The van der Waals surface area contributed by atoms with Gasteiger partial charge in [-0.2, -0.15) is 4.98 Å². The molecular weight excluding hydrogens is 632 g/mol. The Balaban J connectivity index is 1.37. The molecule has 1 atom stereocenters. The van der Waals surface area contributed by atoms with E-state index in [4.69, 9.17) is 9.47 Å². The molecule has 3 N–H and O–H groups in total. The van der Waals surface area contributed by atoms with Crippen molar-refractivity contribution in [2.75, 3.05) is 18.4 Å². The molecule has 2 aliphatic carbocycles. The first-order chi connectivity index (χ1) is 22.6. The van der Waals surface area contributed by atoms with Gasteiger partial charge < -0.3 is 19.9 Å². The van der Waals surface area contributed by atoms with Crippen LogP contribution in [-0.4, -0.2) is 61.2 Å². The molecule has 0 saturated heterocycles. The van der Waals surface area contributed by atoms with E-state index < -0.39 is 16.0 Å². The fourth-order valence-corrected chi connectivity index (χ4v) is 7.95. The van der Waals surface area contributed by atoms with Crippen LogP contribution in [0.2, 0.25) is 0 Å². The molecule has 0 aliphatic heterocycles. The maximum absolute atomic E-state index is 13.4. The molecule has 1 aromatic heterocycles. The molecule has 1 heterocycles. The number of rotatable bonds is 13. The summed E-state index contributed by atoms with van der Waals surface area (Å²) in [5.41, 5.74) is 3.43. The van der Waals surface area contributed by atoms with Crippen molar-refractivity contribution in [3.8, 4) is 17.1 Å². The number of methoxy groups -OCH3 is 1. The van der Waals surface area contributed by atoms with E-state index in [1.54, 1.807) is 6.07 Å². The Morgan fingerprint density at radius 1 is 1.02 bits per heavy atom. The van der Waals surface area contributed by atoms with Gasteiger partial charge in [0.2, 0.25) is 11.8 Å². The van der Waals surface area contributed by atoms with Crippen LogP contribution in [0.3, 0.4) is 0 Å². The Labute approximate surface area is 282 Å². The molecule has 0 bridgehead atoms. The van der Waals surface area contributed by atoms with Crippen LogP contribution in [0.25, 0.3) is 11.3 Å². The minimum Gasteiger partial charge on any atom is -0.478 e. The monoisotopic (exact) mass is 678 g/mol. The van der Waals surface area contributed by atoms with Gasteiger partial charge in [0, 0.05) is 23.7 Å². The van der Waals surface area contributed by atoms with Crippen LogP contribution in [0.4, 0.5) is 5.95 Å². The van der Waals surface area contributed by atoms with Gasteiger partial charge in [0.25, 0.3) is 10.0 Å². The lowest BCUT2D eigenvalue weighted by Gasteiger charge is -2.57. The van der Waals surface area contributed by atoms with E-state index in [1.165, 1.54) is 25.3 Å². The third kappa shape index (κ3) is 8.33. The van der Waals surface area contributed by atoms with E-state index in [-0.39, 0.29) is 51.0 Å². The number of esters is 1. The number of hydrogen-bond donors (Lipinski definition) is 3. The molecule has 48 heavy (non-hydrogen) atoms. The number of aromatic carboxylic acids is 1. The highest BCUT2D eigenvalue weighted by Gasteiger charge is 2.55. The van der Waals surface area contributed by atoms with Crippen molar-refractivity contribution in [2.24, 2.45) is 16.7 Å². The van der Waals surface area contributed by atoms with E-state index in [1.807, 2.05) is 32.0 Å². The second-order valence-electron chi connectivity index (χ2n) is 14.6. The predicted molar refractivity (Wildman–Crippen MR) is 182 cm³/mol. The van der Waals surface area contributed by atoms with Crippen molar-refractivity contribution >= 4 is 27.9 Å². The largest absolute Gasteiger partial charge is 0.478 e. The summed E-state index contributed by atoms with van der Waals surface area (Å²) in [6.07, 6.45) is 5.60. The summed E-state index contributed by atoms with van der Waals surface area (Å²) in [5.74, 6) is -1.31. The minimum absolute atomic E-state index is 0.00699. The number of ether oxygens (including phenoxy) is 2. The minimum atomic E-state index is -4.23. The highest BCUT2D eigenvalue weighted by atomic mass is 32.2. The molecule has 0 radical (unpaired) electrons. The highest BCUT2D eigenvalue weighted by molar-refractivity contribution is 7.92. The van der Waals surface area contributed by atoms with Gasteiger partial charge in [-0.25, -0.2) is 22.9 Å². The standard InChI is InChI=1S/C36H46N4O7S/c1-22-9-7-10-23(2)31(22)29-16-30(39-34(38-29)40-48(44,45)28-12-8-11-24(15-28)32(41)42)47-21-26(13-14-35(3,4)5)37-27-19-36(20-27)17-25(18-36)33(43)46-6/h7-12,15-16,25-27,37H,13-14,17-21H2,1-6H3,(H,41,42)(H,38,39,40)/t25?,26-,27?,36?/m1/s1. The second kappa shape index (κ2) is 13.8. The van der Waals surface area contributed by atoms with Crippen molar-refractivity contribution in [1.29, 1.82) is 0 Å². The van der Waals surface area contributed by atoms with Crippen LogP contribution in [0.1, 0.15) is 80.8 Å². The third-order valence-electron chi connectivity index (χ3n) is 9.46. The predicted octanol–water partition coefficient (Wildman–Crippen LogP) is 6.15. The van der Waals surface area contributed by atoms with Gasteiger partial charge in [-0.1, -0.05) is 45.0 Å². The van der Waals surface area contributed by atoms with E-state index >= 15 is 0 Å². The van der Waals surface area contributed by atoms with Crippen LogP contribution in [0, 0.1) is 30.6 Å². The zero-order valence-corrected chi connectivity index (χ0v) is 29.3. The van der Waals surface area contributed by atoms with Gasteiger partial charge in [0.15, 0.2) is 0 Å². The topological polar surface area (TPSA) is 157 Å². The normalized spacial score (nSPS) is 21.1. The molecule has 258 valence electrons. The molecule has 2 aromatic carbocycles. The Hall–Kier alpha value is -4.03. The molecule has 12 heteroatoms. The fraction of sp³-hybridized carbons (Fsp3) is 0.500. The van der Waals surface area contributed by atoms with E-state index in [2.05, 4.69) is 40.8 Å². The van der Waals surface area contributed by atoms with Gasteiger partial charge in [-0.3, -0.25) is 4.79 Å². The van der Waals surface area contributed by atoms with Crippen LogP contribution >= 0.6 is 0 Å². The molecule has 2 fully saturated rings. The molecule has 5 rings (SSSR count). The number of nitrogens with zero attached hydrogens (tertiary/aromatic N) is 2. The van der Waals surface area contributed by atoms with Gasteiger partial charge in [-0.05, 0) is 92.5 Å². The molecule has 2 saturated carbocycles. The zero-order chi connectivity index (χ0) is 34.9. The summed E-state index contributed by atoms with van der Waals surface area (Å²) in [7, 11) is -2.78. The Kier molecular flexibility index (Phi) is 10.2. The summed E-state index contributed by atoms with van der Waals surface area (Å²) in [6.45, 7) is 10.8. The highest BCUT2D eigenvalue weighted by Crippen LogP contribution is 2.59. The zero-order valence-electron chi connectivity index (χ0n) is 28.5. The number of aromatic nitrogens is 2. The number of carboxylic acid groups (broad SMARTS) is 1. The van der Waals surface area contributed by atoms with Gasteiger partial charge in [0.05, 0.1) is 29.2 Å². The Morgan fingerprint density at radius 3 is 2.31 bits per heavy atom. The van der Waals surface area contributed by atoms with E-state index in [0.29, 0.717) is 18.3 Å². The number of carbonyl (C=O) groups excluding carboxylic acids is 1. The summed E-state index contributed by atoms with van der Waals surface area (Å²) < 4.78 is 40.4. The number of anilines is 1. The first kappa shape index (κ1) is 35.3. The van der Waals surface area contributed by atoms with Crippen LogP contribution < -0.4 is 14.8 Å². The first-order valence-electron chi connectivity index (χ1n) is 16.3. The summed E-state index contributed by atoms with van der Waals surface area (Å²) >= 11 is 0. The fourth-order valence-electron chi connectivity index (χ4n) is 6.96. The molecule has 2 aliphatic rings. The number of carboxylic acids is 1. The number of nitrogens with one attached hydrogen (secondary N) is 2. The average molecular weight is 679 g/mol. The van der Waals surface area contributed by atoms with Gasteiger partial charge in [-0.15, -0.1) is 0 Å². The molecule has 1 spiro atoms. The smallest absolute Gasteiger partial charge is 0.335 e. The van der Waals surface area contributed by atoms with Crippen molar-refractivity contribution in [2.45, 2.75) is 90.1 Å². The Morgan fingerprint density at radius 2 is 1.69 bits per heavy atom. The lowest BCUT2D eigenvalue weighted by molar-refractivity contribution is -0.159. The Bertz CT molecular complexity index is 1750. The molecule has 0 amide bonds. The quantitative estimate of drug-likeness (QED) is 0.179. The van der Waals surface area contributed by atoms with E-state index in [9.17, 15) is 23.1 Å². The number of carbonyl (C=O) groups is 2. The molecule has 11 nitrogen and oxygen atoms in total. The third-order valence-corrected chi connectivity index (χ3v) is 10.8. The lowest BCUT2D eigenvalue weighted by Crippen LogP contribution is -2.58. The number of aryl methyl sites for hydroxylation is 2. The average Bonchev–Trinajstić information content (AvgIpc) is 2.97. The SMILES string of the molecule is COC(=O)C1CC2(CC(N[C@H](CCC(C)(C)C)COc3cc(-c4c(C)cccc4C)nc(NS(=O)(=O)c4cccc(C(=O)O)c4)n3)C2)C1. The summed E-state index contributed by atoms with van der Waals surface area (Å²) in [5, 5.41) is 13.2. The maximum Gasteiger partial charge on any atom is 0.335 e. The van der Waals surface area contributed by atoms with E-state index in [0.717, 1.165) is 61.3 Å². The molecular formula is C36H46N4O7S. The van der Waals surface area contributed by atoms with Crippen molar-refractivity contribution in [3.63, 3.8) is 0 Å². The van der Waals surface area contributed by atoms with Gasteiger partial charge in [0.1, 0.15) is 6.61 Å². The molecule has 3 aromatic rings. The summed E-state index contributed by atoms with van der Waals surface area (Å²) in [4.78, 5) is 32.2. The number of sulfonamides is 1. The molecule has 0 unspecified atom stereocenters. The van der Waals surface area contributed by atoms with Crippen molar-refractivity contribution < 1.29 is 32.6 Å². The van der Waals surface area contributed by atoms with Crippen LogP contribution in [0.5, 0.6) is 5.88 Å². The van der Waals surface area contributed by atoms with Crippen LogP contribution in [0.15, 0.2) is 53.4 Å². The maximum atomic E-state index is 13.4. The lowest BCUT2D eigenvalue weighted by atomic mass is 9.50. The number of hydrogen-bond acceptors (Lipinski definition) is 9. The summed E-state index contributed by atoms with van der Waals surface area (Å²) in [6, 6.07) is 13.0. The van der Waals surface area contributed by atoms with Crippen molar-refractivity contribution in [3.05, 3.63) is 65.2 Å². The first-order valence-corrected chi connectivity index (χ1v) is 17.8. The number of benzene rings is 2. The van der Waals surface area contributed by atoms with Crippen LogP contribution in [-0.2, 0) is 19.6 Å².